The molecule has 0 aliphatic rings. The van der Waals surface area contributed by atoms with E-state index in [0.29, 0.717) is 22.2 Å². The largest absolute Gasteiger partial charge is 0.383 e. The molecule has 0 fully saturated rings. The highest BCUT2D eigenvalue weighted by atomic mass is 32.2. The Hall–Kier alpha value is -3.33. The van der Waals surface area contributed by atoms with Crippen LogP contribution in [0.4, 0.5) is 11.5 Å². The number of anilines is 2. The number of amides is 1. The Morgan fingerprint density at radius 2 is 1.94 bits per heavy atom. The van der Waals surface area contributed by atoms with Crippen molar-refractivity contribution in [1.82, 2.24) is 4.98 Å². The molecule has 2 aromatic heterocycles. The Morgan fingerprint density at radius 3 is 2.52 bits per heavy atom. The molecule has 0 spiro atoms. The number of nitriles is 2. The molecule has 3 rings (SSSR count). The number of rotatable bonds is 7. The van der Waals surface area contributed by atoms with Crippen LogP contribution in [0.15, 0.2) is 46.8 Å². The lowest BCUT2D eigenvalue weighted by Gasteiger charge is -2.12. The lowest BCUT2D eigenvalue weighted by molar-refractivity contribution is -0.113. The molecule has 156 valence electrons. The number of thioether (sulfide) groups is 1. The van der Waals surface area contributed by atoms with Gasteiger partial charge in [0.15, 0.2) is 0 Å². The van der Waals surface area contributed by atoms with Crippen LogP contribution in [0, 0.1) is 22.7 Å². The second-order valence-corrected chi connectivity index (χ2v) is 8.81. The Morgan fingerprint density at radius 1 is 1.23 bits per heavy atom. The molecule has 1 amide bonds. The van der Waals surface area contributed by atoms with E-state index in [1.165, 1.54) is 16.9 Å². The smallest absolute Gasteiger partial charge is 0.234 e. The minimum Gasteiger partial charge on any atom is -0.383 e. The molecule has 31 heavy (non-hydrogen) atoms. The number of aromatic nitrogens is 1. The van der Waals surface area contributed by atoms with E-state index in [9.17, 15) is 15.3 Å². The first-order chi connectivity index (χ1) is 15.0. The third-order valence-electron chi connectivity index (χ3n) is 4.90. The molecule has 0 radical (unpaired) electrons. The number of pyridine rings is 1. The van der Waals surface area contributed by atoms with Gasteiger partial charge in [0.1, 0.15) is 28.5 Å². The van der Waals surface area contributed by atoms with Crippen LogP contribution in [-0.4, -0.2) is 16.6 Å². The highest BCUT2D eigenvalue weighted by molar-refractivity contribution is 8.00. The summed E-state index contributed by atoms with van der Waals surface area (Å²) in [6.45, 7) is 4.30. The van der Waals surface area contributed by atoms with Crippen molar-refractivity contribution in [3.63, 3.8) is 0 Å². The highest BCUT2D eigenvalue weighted by Crippen LogP contribution is 2.37. The molecule has 8 heteroatoms. The monoisotopic (exact) mass is 447 g/mol. The minimum absolute atomic E-state index is 0.0495. The van der Waals surface area contributed by atoms with Gasteiger partial charge in [-0.15, -0.1) is 11.3 Å². The Labute approximate surface area is 189 Å². The maximum atomic E-state index is 12.5. The van der Waals surface area contributed by atoms with Gasteiger partial charge in [-0.1, -0.05) is 43.8 Å². The van der Waals surface area contributed by atoms with E-state index in [2.05, 4.69) is 30.2 Å². The summed E-state index contributed by atoms with van der Waals surface area (Å²) in [7, 11) is 0. The summed E-state index contributed by atoms with van der Waals surface area (Å²) in [6, 6.07) is 15.6. The van der Waals surface area contributed by atoms with Gasteiger partial charge in [-0.3, -0.25) is 4.79 Å². The van der Waals surface area contributed by atoms with Crippen LogP contribution < -0.4 is 11.1 Å². The maximum Gasteiger partial charge on any atom is 0.234 e. The second kappa shape index (κ2) is 10.1. The number of carbonyl (C=O) groups is 1. The summed E-state index contributed by atoms with van der Waals surface area (Å²) in [6.07, 6.45) is 1.05. The number of thiophene rings is 1. The first-order valence-corrected chi connectivity index (χ1v) is 11.5. The summed E-state index contributed by atoms with van der Waals surface area (Å²) in [5.74, 6) is 0.362. The second-order valence-electron chi connectivity index (χ2n) is 6.90. The zero-order valence-electron chi connectivity index (χ0n) is 17.2. The van der Waals surface area contributed by atoms with Crippen molar-refractivity contribution in [3.05, 3.63) is 58.5 Å². The lowest BCUT2D eigenvalue weighted by Crippen LogP contribution is -2.14. The SMILES string of the molecule is CCC(C)c1ccc(NC(=O)CSc2nc(N)c(C#N)c(-c3cccs3)c2C#N)cc1. The van der Waals surface area contributed by atoms with Gasteiger partial charge in [0, 0.05) is 16.1 Å². The summed E-state index contributed by atoms with van der Waals surface area (Å²) < 4.78 is 0. The van der Waals surface area contributed by atoms with Gasteiger partial charge in [0.2, 0.25) is 5.91 Å². The van der Waals surface area contributed by atoms with E-state index in [4.69, 9.17) is 5.73 Å². The third-order valence-corrected chi connectivity index (χ3v) is 6.76. The van der Waals surface area contributed by atoms with Gasteiger partial charge in [-0.25, -0.2) is 4.98 Å². The molecule has 3 aromatic rings. The Balaban J connectivity index is 1.78. The number of nitrogens with one attached hydrogen (secondary N) is 1. The molecule has 3 N–H and O–H groups in total. The summed E-state index contributed by atoms with van der Waals surface area (Å²) in [5.41, 5.74) is 8.83. The first kappa shape index (κ1) is 22.4. The van der Waals surface area contributed by atoms with Crippen LogP contribution in [0.5, 0.6) is 0 Å². The summed E-state index contributed by atoms with van der Waals surface area (Å²) in [4.78, 5) is 17.4. The van der Waals surface area contributed by atoms with E-state index >= 15 is 0 Å². The molecule has 0 aliphatic heterocycles. The van der Waals surface area contributed by atoms with E-state index in [1.807, 2.05) is 47.8 Å². The first-order valence-electron chi connectivity index (χ1n) is 9.68. The molecule has 0 saturated carbocycles. The van der Waals surface area contributed by atoms with Gasteiger partial charge >= 0.3 is 0 Å². The van der Waals surface area contributed by atoms with Crippen LogP contribution in [-0.2, 0) is 4.79 Å². The average Bonchev–Trinajstić information content (AvgIpc) is 3.31. The van der Waals surface area contributed by atoms with Crippen molar-refractivity contribution >= 4 is 40.5 Å². The molecule has 0 aliphatic carbocycles. The van der Waals surface area contributed by atoms with Crippen molar-refractivity contribution < 1.29 is 4.79 Å². The standard InChI is InChI=1S/C23H21N5OS2/c1-3-14(2)15-6-8-16(9-7-15)27-20(29)13-31-23-18(12-25)21(19-5-4-10-30-19)17(11-24)22(26)28-23/h4-10,14H,3,13H2,1-2H3,(H2,26,28)(H,27,29). The normalized spacial score (nSPS) is 11.4. The molecule has 1 atom stereocenters. The van der Waals surface area contributed by atoms with Crippen LogP contribution >= 0.6 is 23.1 Å². The number of nitrogens with two attached hydrogens (primary N) is 1. The number of hydrogen-bond acceptors (Lipinski definition) is 7. The van der Waals surface area contributed by atoms with Crippen LogP contribution in [0.3, 0.4) is 0 Å². The van der Waals surface area contributed by atoms with Crippen LogP contribution in [0.1, 0.15) is 42.9 Å². The highest BCUT2D eigenvalue weighted by Gasteiger charge is 2.21. The molecule has 0 bridgehead atoms. The minimum atomic E-state index is -0.215. The van der Waals surface area contributed by atoms with E-state index in [0.717, 1.165) is 23.1 Å². The number of benzene rings is 1. The molecule has 0 saturated heterocycles. The number of carbonyl (C=O) groups excluding carboxylic acids is 1. The molecule has 1 unspecified atom stereocenters. The average molecular weight is 448 g/mol. The number of nitrogens with zero attached hydrogens (tertiary/aromatic N) is 3. The van der Waals surface area contributed by atoms with E-state index in [-0.39, 0.29) is 28.6 Å². The van der Waals surface area contributed by atoms with Gasteiger partial charge in [-0.05, 0) is 41.5 Å². The quantitative estimate of drug-likeness (QED) is 0.470. The zero-order chi connectivity index (χ0) is 22.4. The van der Waals surface area contributed by atoms with Crippen LogP contribution in [0.2, 0.25) is 0 Å². The lowest BCUT2D eigenvalue weighted by atomic mass is 9.99. The number of hydrogen-bond donors (Lipinski definition) is 2. The number of nitrogen functional groups attached to an aromatic ring is 1. The predicted molar refractivity (Wildman–Crippen MR) is 126 cm³/mol. The van der Waals surface area contributed by atoms with Crippen molar-refractivity contribution in [2.45, 2.75) is 31.2 Å². The van der Waals surface area contributed by atoms with Crippen molar-refractivity contribution in [2.75, 3.05) is 16.8 Å². The maximum absolute atomic E-state index is 12.5. The molecular formula is C23H21N5OS2. The van der Waals surface area contributed by atoms with Gasteiger partial charge < -0.3 is 11.1 Å². The summed E-state index contributed by atoms with van der Waals surface area (Å²) in [5, 5.41) is 24.3. The molecule has 2 heterocycles. The van der Waals surface area contributed by atoms with Crippen molar-refractivity contribution in [1.29, 1.82) is 10.5 Å². The molecule has 1 aromatic carbocycles. The fraction of sp³-hybridized carbons (Fsp3) is 0.217. The van der Waals surface area contributed by atoms with Crippen LogP contribution in [0.25, 0.3) is 10.4 Å². The fourth-order valence-corrected chi connectivity index (χ4v) is 4.61. The van der Waals surface area contributed by atoms with Crippen molar-refractivity contribution in [2.24, 2.45) is 0 Å². The predicted octanol–water partition coefficient (Wildman–Crippen LogP) is 5.38. The molecular weight excluding hydrogens is 426 g/mol. The topological polar surface area (TPSA) is 116 Å². The summed E-state index contributed by atoms with van der Waals surface area (Å²) >= 11 is 2.53. The molecule has 6 nitrogen and oxygen atoms in total. The Bertz CT molecular complexity index is 1160. The van der Waals surface area contributed by atoms with Crippen molar-refractivity contribution in [3.8, 4) is 22.6 Å². The van der Waals surface area contributed by atoms with E-state index in [1.54, 1.807) is 0 Å². The zero-order valence-corrected chi connectivity index (χ0v) is 18.8. The van der Waals surface area contributed by atoms with Gasteiger partial charge in [0.05, 0.1) is 11.3 Å². The van der Waals surface area contributed by atoms with E-state index < -0.39 is 0 Å². The van der Waals surface area contributed by atoms with Gasteiger partial charge in [-0.2, -0.15) is 10.5 Å². The third kappa shape index (κ3) is 5.05. The fourth-order valence-electron chi connectivity index (χ4n) is 3.03. The Kier molecular flexibility index (Phi) is 7.30. The van der Waals surface area contributed by atoms with Gasteiger partial charge in [0.25, 0.3) is 0 Å².